The maximum absolute atomic E-state index is 12.9. The monoisotopic (exact) mass is 680 g/mol. The SMILES string of the molecule is Cc1c(C)c2c(c(C)c1O)CC(CCOC(=O)OC1C3CCC(C3)C1OC(=O)OCCC1Cc3c(C)c(O)c(C)c(C)c3OC1C)C(C)O2. The molecule has 0 spiro atoms. The molecule has 2 aliphatic heterocycles. The number of ether oxygens (including phenoxy) is 6. The lowest BCUT2D eigenvalue weighted by atomic mass is 9.84. The molecule has 0 saturated heterocycles. The molecule has 0 amide bonds. The summed E-state index contributed by atoms with van der Waals surface area (Å²) in [5.74, 6) is 2.76. The number of hydrogen-bond acceptors (Lipinski definition) is 10. The number of aromatic hydroxyl groups is 2. The lowest BCUT2D eigenvalue weighted by molar-refractivity contribution is -0.0771. The van der Waals surface area contributed by atoms with Crippen molar-refractivity contribution in [3.05, 3.63) is 44.5 Å². The van der Waals surface area contributed by atoms with Gasteiger partial charge >= 0.3 is 12.3 Å². The van der Waals surface area contributed by atoms with Crippen molar-refractivity contribution in [1.29, 1.82) is 0 Å². The van der Waals surface area contributed by atoms with Crippen molar-refractivity contribution in [2.45, 2.75) is 125 Å². The third-order valence-corrected chi connectivity index (χ3v) is 12.2. The number of benzene rings is 2. The van der Waals surface area contributed by atoms with Crippen molar-refractivity contribution >= 4 is 12.3 Å². The van der Waals surface area contributed by atoms with Crippen LogP contribution in [0.25, 0.3) is 0 Å². The Hall–Kier alpha value is -3.82. The zero-order chi connectivity index (χ0) is 35.3. The molecule has 2 aliphatic carbocycles. The molecule has 49 heavy (non-hydrogen) atoms. The van der Waals surface area contributed by atoms with E-state index in [1.165, 1.54) is 0 Å². The molecule has 6 rings (SSSR count). The zero-order valence-electron chi connectivity index (χ0n) is 30.1. The van der Waals surface area contributed by atoms with Crippen LogP contribution < -0.4 is 9.47 Å². The first-order valence-corrected chi connectivity index (χ1v) is 17.9. The Labute approximate surface area is 289 Å². The summed E-state index contributed by atoms with van der Waals surface area (Å²) < 4.78 is 35.2. The van der Waals surface area contributed by atoms with Crippen LogP contribution in [0.3, 0.4) is 0 Å². The van der Waals surface area contributed by atoms with E-state index in [-0.39, 0.29) is 49.1 Å². The predicted octanol–water partition coefficient (Wildman–Crippen LogP) is 7.78. The highest BCUT2D eigenvalue weighted by Gasteiger charge is 2.52. The van der Waals surface area contributed by atoms with Crippen LogP contribution in [0.4, 0.5) is 9.59 Å². The normalized spacial score (nSPS) is 28.2. The minimum absolute atomic E-state index is 0.0702. The van der Waals surface area contributed by atoms with Crippen LogP contribution in [-0.4, -0.2) is 60.2 Å². The number of hydrogen-bond donors (Lipinski definition) is 2. The summed E-state index contributed by atoms with van der Waals surface area (Å²) >= 11 is 0. The summed E-state index contributed by atoms with van der Waals surface area (Å²) in [4.78, 5) is 25.7. The quantitative estimate of drug-likeness (QED) is 0.267. The summed E-state index contributed by atoms with van der Waals surface area (Å²) in [6.45, 7) is 15.9. The first-order valence-electron chi connectivity index (χ1n) is 17.9. The minimum atomic E-state index is -0.761. The van der Waals surface area contributed by atoms with E-state index in [0.29, 0.717) is 24.3 Å². The van der Waals surface area contributed by atoms with Crippen molar-refractivity contribution in [3.8, 4) is 23.0 Å². The van der Waals surface area contributed by atoms with Gasteiger partial charge in [-0.3, -0.25) is 0 Å². The summed E-state index contributed by atoms with van der Waals surface area (Å²) in [5, 5.41) is 21.1. The van der Waals surface area contributed by atoms with Gasteiger partial charge in [-0.2, -0.15) is 0 Å². The second-order valence-corrected chi connectivity index (χ2v) is 14.9. The van der Waals surface area contributed by atoms with Crippen molar-refractivity contribution in [2.24, 2.45) is 23.7 Å². The Morgan fingerprint density at radius 2 is 1.02 bits per heavy atom. The van der Waals surface area contributed by atoms with Crippen LogP contribution in [0, 0.1) is 65.2 Å². The maximum atomic E-state index is 12.9. The lowest BCUT2D eigenvalue weighted by Gasteiger charge is -2.34. The smallest absolute Gasteiger partial charge is 0.507 e. The summed E-state index contributed by atoms with van der Waals surface area (Å²) in [6, 6.07) is 0. The van der Waals surface area contributed by atoms with Gasteiger partial charge < -0.3 is 38.6 Å². The van der Waals surface area contributed by atoms with Crippen LogP contribution in [0.15, 0.2) is 0 Å². The average Bonchev–Trinajstić information content (AvgIpc) is 3.68. The number of phenolic OH excluding ortho intramolecular Hbond substituents is 2. The van der Waals surface area contributed by atoms with E-state index < -0.39 is 24.5 Å². The van der Waals surface area contributed by atoms with Crippen LogP contribution in [0.2, 0.25) is 0 Å². The first kappa shape index (κ1) is 35.0. The minimum Gasteiger partial charge on any atom is -0.507 e. The van der Waals surface area contributed by atoms with E-state index >= 15 is 0 Å². The van der Waals surface area contributed by atoms with E-state index in [1.54, 1.807) is 0 Å². The highest BCUT2D eigenvalue weighted by atomic mass is 16.8. The topological polar surface area (TPSA) is 130 Å². The van der Waals surface area contributed by atoms with Crippen molar-refractivity contribution < 1.29 is 48.2 Å². The Morgan fingerprint density at radius 3 is 1.41 bits per heavy atom. The molecule has 0 radical (unpaired) electrons. The summed E-state index contributed by atoms with van der Waals surface area (Å²) in [5.41, 5.74) is 7.26. The number of carbonyl (C=O) groups excluding carboxylic acids is 2. The first-order chi connectivity index (χ1) is 23.3. The molecule has 2 saturated carbocycles. The van der Waals surface area contributed by atoms with Crippen molar-refractivity contribution in [1.82, 2.24) is 0 Å². The van der Waals surface area contributed by atoms with Gasteiger partial charge in [-0.15, -0.1) is 0 Å². The molecular formula is C39H52O10. The van der Waals surface area contributed by atoms with Gasteiger partial charge in [-0.05, 0) is 134 Å². The maximum Gasteiger partial charge on any atom is 0.508 e. The van der Waals surface area contributed by atoms with Crippen LogP contribution in [0.5, 0.6) is 23.0 Å². The standard InChI is InChI=1S/C39H52O10/c1-18-20(3)34-30(22(5)32(18)40)16-26(24(7)46-34)11-13-44-38(42)48-36-28-9-10-29(15-28)37(36)49-39(43)45-14-12-27-17-31-23(6)33(41)19(2)21(4)35(31)47-25(27)8/h24-29,36-37,40-41H,9-17H2,1-8H3. The van der Waals surface area contributed by atoms with Gasteiger partial charge in [-0.1, -0.05) is 0 Å². The second kappa shape index (κ2) is 13.8. The Morgan fingerprint density at radius 1 is 0.633 bits per heavy atom. The molecule has 0 aromatic heterocycles. The van der Waals surface area contributed by atoms with Gasteiger partial charge in [0.2, 0.25) is 0 Å². The fraction of sp³-hybridized carbons (Fsp3) is 0.641. The van der Waals surface area contributed by atoms with Crippen LogP contribution in [-0.2, 0) is 31.8 Å². The number of rotatable bonds is 8. The fourth-order valence-corrected chi connectivity index (χ4v) is 8.63. The number of carbonyl (C=O) groups is 2. The van der Waals surface area contributed by atoms with E-state index in [2.05, 4.69) is 0 Å². The summed E-state index contributed by atoms with van der Waals surface area (Å²) in [6.07, 6.45) is 2.48. The van der Waals surface area contributed by atoms with Crippen LogP contribution in [0.1, 0.15) is 90.5 Å². The zero-order valence-corrected chi connectivity index (χ0v) is 30.1. The number of fused-ring (bicyclic) bond motifs is 4. The molecule has 2 heterocycles. The van der Waals surface area contributed by atoms with E-state index in [1.807, 2.05) is 55.4 Å². The third-order valence-electron chi connectivity index (χ3n) is 12.2. The predicted molar refractivity (Wildman–Crippen MR) is 182 cm³/mol. The van der Waals surface area contributed by atoms with Gasteiger partial charge in [0.25, 0.3) is 0 Å². The molecule has 2 N–H and O–H groups in total. The average molecular weight is 681 g/mol. The lowest BCUT2D eigenvalue weighted by Crippen LogP contribution is -2.40. The molecule has 2 fully saturated rings. The molecule has 8 atom stereocenters. The van der Waals surface area contributed by atoms with Gasteiger partial charge in [-0.25, -0.2) is 9.59 Å². The summed E-state index contributed by atoms with van der Waals surface area (Å²) in [7, 11) is 0. The van der Waals surface area contributed by atoms with Gasteiger partial charge in [0.15, 0.2) is 0 Å². The largest absolute Gasteiger partial charge is 0.508 e. The molecule has 2 bridgehead atoms. The van der Waals surface area contributed by atoms with E-state index in [0.717, 1.165) is 88.1 Å². The molecule has 4 aliphatic rings. The molecule has 2 aromatic rings. The number of phenols is 2. The van der Waals surface area contributed by atoms with Gasteiger partial charge in [0, 0.05) is 34.8 Å². The molecule has 10 heteroatoms. The van der Waals surface area contributed by atoms with Crippen LogP contribution >= 0.6 is 0 Å². The molecule has 10 nitrogen and oxygen atoms in total. The molecule has 2 aromatic carbocycles. The fourth-order valence-electron chi connectivity index (χ4n) is 8.63. The van der Waals surface area contributed by atoms with Gasteiger partial charge in [0.1, 0.15) is 35.2 Å². The van der Waals surface area contributed by atoms with Crippen molar-refractivity contribution in [2.75, 3.05) is 13.2 Å². The van der Waals surface area contributed by atoms with E-state index in [9.17, 15) is 19.8 Å². The molecule has 268 valence electrons. The third kappa shape index (κ3) is 6.59. The van der Waals surface area contributed by atoms with Gasteiger partial charge in [0.05, 0.1) is 25.4 Å². The second-order valence-electron chi connectivity index (χ2n) is 14.9. The Kier molecular flexibility index (Phi) is 9.88. The van der Waals surface area contributed by atoms with E-state index in [4.69, 9.17) is 28.4 Å². The highest BCUT2D eigenvalue weighted by molar-refractivity contribution is 5.62. The highest BCUT2D eigenvalue weighted by Crippen LogP contribution is 2.48. The molecule has 8 unspecified atom stereocenters. The Bertz CT molecular complexity index is 1500. The van der Waals surface area contributed by atoms with Crippen molar-refractivity contribution in [3.63, 3.8) is 0 Å². The molecular weight excluding hydrogens is 628 g/mol. The Balaban J connectivity index is 0.974.